The summed E-state index contributed by atoms with van der Waals surface area (Å²) in [5.41, 5.74) is 9.43. The number of hydrogen-bond acceptors (Lipinski definition) is 4. The van der Waals surface area contributed by atoms with Gasteiger partial charge in [0, 0.05) is 19.8 Å². The standard InChI is InChI=1S/C11H18N6/c1-5-17-11(10(12)8(3)15-17)13-9-6-16(4)14-7(9)2/h6,13H,5,12H2,1-4H3. The van der Waals surface area contributed by atoms with Gasteiger partial charge in [0.05, 0.1) is 22.8 Å². The highest BCUT2D eigenvalue weighted by atomic mass is 15.3. The molecule has 6 heteroatoms. The van der Waals surface area contributed by atoms with Crippen molar-refractivity contribution in [3.63, 3.8) is 0 Å². The zero-order chi connectivity index (χ0) is 12.6. The van der Waals surface area contributed by atoms with E-state index in [4.69, 9.17) is 5.73 Å². The molecule has 0 amide bonds. The van der Waals surface area contributed by atoms with Gasteiger partial charge in [0.15, 0.2) is 5.82 Å². The van der Waals surface area contributed by atoms with Crippen LogP contribution in [0.3, 0.4) is 0 Å². The highest BCUT2D eigenvalue weighted by Gasteiger charge is 2.13. The predicted octanol–water partition coefficient (Wildman–Crippen LogP) is 1.58. The van der Waals surface area contributed by atoms with Crippen LogP contribution in [0.1, 0.15) is 18.3 Å². The Hall–Kier alpha value is -1.98. The first-order valence-electron chi connectivity index (χ1n) is 5.63. The van der Waals surface area contributed by atoms with Crippen LogP contribution in [-0.2, 0) is 13.6 Å². The molecule has 0 saturated heterocycles. The van der Waals surface area contributed by atoms with Crippen molar-refractivity contribution in [1.29, 1.82) is 0 Å². The van der Waals surface area contributed by atoms with Crippen molar-refractivity contribution in [2.45, 2.75) is 27.3 Å². The molecule has 17 heavy (non-hydrogen) atoms. The van der Waals surface area contributed by atoms with Crippen molar-refractivity contribution >= 4 is 17.2 Å². The van der Waals surface area contributed by atoms with Crippen molar-refractivity contribution in [3.05, 3.63) is 17.6 Å². The number of rotatable bonds is 3. The molecule has 2 rings (SSSR count). The van der Waals surface area contributed by atoms with Gasteiger partial charge in [-0.2, -0.15) is 10.2 Å². The Bertz CT molecular complexity index is 536. The van der Waals surface area contributed by atoms with Crippen molar-refractivity contribution in [2.24, 2.45) is 7.05 Å². The number of nitrogens with zero attached hydrogens (tertiary/aromatic N) is 4. The first-order chi connectivity index (χ1) is 8.02. The van der Waals surface area contributed by atoms with E-state index in [0.29, 0.717) is 5.69 Å². The third-order valence-electron chi connectivity index (χ3n) is 2.74. The van der Waals surface area contributed by atoms with Crippen molar-refractivity contribution in [3.8, 4) is 0 Å². The quantitative estimate of drug-likeness (QED) is 0.845. The van der Waals surface area contributed by atoms with Crippen LogP contribution in [0.2, 0.25) is 0 Å². The molecule has 0 aromatic carbocycles. The average Bonchev–Trinajstić information content (AvgIpc) is 2.73. The fraction of sp³-hybridized carbons (Fsp3) is 0.455. The lowest BCUT2D eigenvalue weighted by Crippen LogP contribution is -2.04. The molecule has 0 fully saturated rings. The van der Waals surface area contributed by atoms with Crippen LogP contribution >= 0.6 is 0 Å². The highest BCUT2D eigenvalue weighted by Crippen LogP contribution is 2.27. The molecular weight excluding hydrogens is 216 g/mol. The summed E-state index contributed by atoms with van der Waals surface area (Å²) in [5.74, 6) is 0.834. The molecule has 92 valence electrons. The second-order valence-electron chi connectivity index (χ2n) is 4.09. The third kappa shape index (κ3) is 1.98. The molecule has 2 aromatic rings. The maximum absolute atomic E-state index is 6.01. The molecule has 0 bridgehead atoms. The minimum Gasteiger partial charge on any atom is -0.394 e. The Labute approximate surface area is 100 Å². The number of nitrogens with two attached hydrogens (primary N) is 1. The van der Waals surface area contributed by atoms with Gasteiger partial charge in [0.25, 0.3) is 0 Å². The van der Waals surface area contributed by atoms with Crippen LogP contribution in [0, 0.1) is 13.8 Å². The lowest BCUT2D eigenvalue weighted by Gasteiger charge is -2.07. The van der Waals surface area contributed by atoms with Gasteiger partial charge in [-0.15, -0.1) is 0 Å². The summed E-state index contributed by atoms with van der Waals surface area (Å²) >= 11 is 0. The van der Waals surface area contributed by atoms with Gasteiger partial charge in [0.2, 0.25) is 0 Å². The molecule has 2 aromatic heterocycles. The molecule has 0 atom stereocenters. The Balaban J connectivity index is 2.38. The lowest BCUT2D eigenvalue weighted by molar-refractivity contribution is 0.661. The fourth-order valence-electron chi connectivity index (χ4n) is 1.81. The second-order valence-corrected chi connectivity index (χ2v) is 4.09. The number of aromatic nitrogens is 4. The monoisotopic (exact) mass is 234 g/mol. The third-order valence-corrected chi connectivity index (χ3v) is 2.74. The Morgan fingerprint density at radius 2 is 2.00 bits per heavy atom. The number of hydrogen-bond donors (Lipinski definition) is 2. The molecular formula is C11H18N6. The second kappa shape index (κ2) is 4.12. The molecule has 2 heterocycles. The van der Waals surface area contributed by atoms with Crippen molar-refractivity contribution < 1.29 is 0 Å². The SMILES string of the molecule is CCn1nc(C)c(N)c1Nc1cn(C)nc1C. The first kappa shape index (κ1) is 11.5. The van der Waals surface area contributed by atoms with Crippen molar-refractivity contribution in [1.82, 2.24) is 19.6 Å². The molecule has 0 aliphatic carbocycles. The zero-order valence-corrected chi connectivity index (χ0v) is 10.7. The zero-order valence-electron chi connectivity index (χ0n) is 10.7. The molecule has 0 radical (unpaired) electrons. The largest absolute Gasteiger partial charge is 0.394 e. The minimum absolute atomic E-state index is 0.690. The summed E-state index contributed by atoms with van der Waals surface area (Å²) < 4.78 is 3.63. The van der Waals surface area contributed by atoms with E-state index in [1.54, 1.807) is 4.68 Å². The fourth-order valence-corrected chi connectivity index (χ4v) is 1.81. The lowest BCUT2D eigenvalue weighted by atomic mass is 10.3. The van der Waals surface area contributed by atoms with Gasteiger partial charge in [-0.3, -0.25) is 4.68 Å². The number of anilines is 3. The van der Waals surface area contributed by atoms with Crippen LogP contribution < -0.4 is 11.1 Å². The molecule has 0 aliphatic rings. The number of nitrogens with one attached hydrogen (secondary N) is 1. The van der Waals surface area contributed by atoms with Gasteiger partial charge >= 0.3 is 0 Å². The summed E-state index contributed by atoms with van der Waals surface area (Å²) in [4.78, 5) is 0. The summed E-state index contributed by atoms with van der Waals surface area (Å²) in [6.45, 7) is 6.67. The van der Waals surface area contributed by atoms with E-state index in [1.807, 2.05) is 38.7 Å². The van der Waals surface area contributed by atoms with Gasteiger partial charge in [-0.1, -0.05) is 0 Å². The summed E-state index contributed by atoms with van der Waals surface area (Å²) in [6, 6.07) is 0. The molecule has 0 unspecified atom stereocenters. The van der Waals surface area contributed by atoms with Gasteiger partial charge < -0.3 is 11.1 Å². The average molecular weight is 234 g/mol. The van der Waals surface area contributed by atoms with Crippen LogP contribution in [0.4, 0.5) is 17.2 Å². The topological polar surface area (TPSA) is 73.7 Å². The van der Waals surface area contributed by atoms with Crippen LogP contribution in [0.25, 0.3) is 0 Å². The van der Waals surface area contributed by atoms with Crippen molar-refractivity contribution in [2.75, 3.05) is 11.1 Å². The molecule has 0 spiro atoms. The van der Waals surface area contributed by atoms with Crippen LogP contribution in [0.5, 0.6) is 0 Å². The van der Waals surface area contributed by atoms with E-state index < -0.39 is 0 Å². The van der Waals surface area contributed by atoms with E-state index >= 15 is 0 Å². The van der Waals surface area contributed by atoms with E-state index in [1.165, 1.54) is 0 Å². The Morgan fingerprint density at radius 3 is 2.53 bits per heavy atom. The number of nitrogen functional groups attached to an aromatic ring is 1. The van der Waals surface area contributed by atoms with Gasteiger partial charge in [0.1, 0.15) is 0 Å². The normalized spacial score (nSPS) is 10.8. The first-order valence-corrected chi connectivity index (χ1v) is 5.63. The maximum atomic E-state index is 6.01. The van der Waals surface area contributed by atoms with E-state index in [-0.39, 0.29) is 0 Å². The van der Waals surface area contributed by atoms with Crippen LogP contribution in [-0.4, -0.2) is 19.6 Å². The number of aryl methyl sites for hydroxylation is 4. The Kier molecular flexibility index (Phi) is 2.79. The molecule has 6 nitrogen and oxygen atoms in total. The summed E-state index contributed by atoms with van der Waals surface area (Å²) in [7, 11) is 1.89. The molecule has 0 saturated carbocycles. The van der Waals surface area contributed by atoms with E-state index in [0.717, 1.165) is 29.4 Å². The Morgan fingerprint density at radius 1 is 1.29 bits per heavy atom. The van der Waals surface area contributed by atoms with Gasteiger partial charge in [-0.25, -0.2) is 4.68 Å². The highest BCUT2D eigenvalue weighted by molar-refractivity contribution is 5.71. The van der Waals surface area contributed by atoms with E-state index in [9.17, 15) is 0 Å². The summed E-state index contributed by atoms with van der Waals surface area (Å²) in [6.07, 6.45) is 1.93. The minimum atomic E-state index is 0.690. The predicted molar refractivity (Wildman–Crippen MR) is 68.3 cm³/mol. The van der Waals surface area contributed by atoms with Crippen LogP contribution in [0.15, 0.2) is 6.20 Å². The maximum Gasteiger partial charge on any atom is 0.152 e. The van der Waals surface area contributed by atoms with Gasteiger partial charge in [-0.05, 0) is 20.8 Å². The molecule has 3 N–H and O–H groups in total. The summed E-state index contributed by atoms with van der Waals surface area (Å²) in [5, 5.41) is 11.9. The smallest absolute Gasteiger partial charge is 0.152 e. The van der Waals surface area contributed by atoms with E-state index in [2.05, 4.69) is 15.5 Å². The molecule has 0 aliphatic heterocycles.